The van der Waals surface area contributed by atoms with Crippen molar-refractivity contribution in [2.75, 3.05) is 0 Å². The van der Waals surface area contributed by atoms with E-state index in [1.165, 1.54) is 21.8 Å². The number of para-hydroxylation sites is 3. The molecule has 0 saturated heterocycles. The molecule has 0 unspecified atom stereocenters. The summed E-state index contributed by atoms with van der Waals surface area (Å²) in [5.41, 5.74) is 11.5. The van der Waals surface area contributed by atoms with Crippen LogP contribution in [0.25, 0.3) is 88.7 Å². The minimum Gasteiger partial charge on any atom is -0.309 e. The van der Waals surface area contributed by atoms with Crippen molar-refractivity contribution in [2.24, 2.45) is 0 Å². The molecule has 10 rings (SSSR count). The Morgan fingerprint density at radius 2 is 1.02 bits per heavy atom. The molecular formula is C43H27N5. The third kappa shape index (κ3) is 4.01. The molecule has 4 heterocycles. The van der Waals surface area contributed by atoms with Crippen molar-refractivity contribution in [2.45, 2.75) is 0 Å². The summed E-state index contributed by atoms with van der Waals surface area (Å²) >= 11 is 0. The molecule has 0 radical (unpaired) electrons. The molecule has 6 aromatic carbocycles. The van der Waals surface area contributed by atoms with Crippen LogP contribution in [0.2, 0.25) is 0 Å². The molecule has 0 aliphatic heterocycles. The lowest BCUT2D eigenvalue weighted by atomic mass is 10.0. The Morgan fingerprint density at radius 1 is 0.396 bits per heavy atom. The number of rotatable bonds is 4. The van der Waals surface area contributed by atoms with Crippen molar-refractivity contribution in [3.63, 3.8) is 0 Å². The van der Waals surface area contributed by atoms with E-state index in [1.54, 1.807) is 0 Å². The van der Waals surface area contributed by atoms with Crippen molar-refractivity contribution in [3.8, 4) is 34.0 Å². The molecule has 224 valence electrons. The molecule has 0 atom stereocenters. The Hall–Kier alpha value is -6.59. The van der Waals surface area contributed by atoms with Gasteiger partial charge in [0.1, 0.15) is 0 Å². The van der Waals surface area contributed by atoms with Crippen molar-refractivity contribution in [1.29, 1.82) is 0 Å². The average Bonchev–Trinajstić information content (AvgIpc) is 3.67. The van der Waals surface area contributed by atoms with Crippen LogP contribution in [0.3, 0.4) is 0 Å². The van der Waals surface area contributed by atoms with Gasteiger partial charge in [-0.15, -0.1) is 0 Å². The van der Waals surface area contributed by atoms with Crippen molar-refractivity contribution in [3.05, 3.63) is 164 Å². The van der Waals surface area contributed by atoms with E-state index in [0.717, 1.165) is 60.9 Å². The molecule has 5 heteroatoms. The van der Waals surface area contributed by atoms with Gasteiger partial charge in [0.05, 0.1) is 38.8 Å². The number of pyridine rings is 1. The number of benzene rings is 6. The molecule has 4 aromatic heterocycles. The van der Waals surface area contributed by atoms with Gasteiger partial charge in [-0.1, -0.05) is 103 Å². The quantitative estimate of drug-likeness (QED) is 0.198. The maximum Gasteiger partial charge on any atom is 0.235 e. The summed E-state index contributed by atoms with van der Waals surface area (Å²) in [4.78, 5) is 15.2. The van der Waals surface area contributed by atoms with Crippen LogP contribution in [0, 0.1) is 0 Å². The summed E-state index contributed by atoms with van der Waals surface area (Å²) in [6.07, 6.45) is 1.85. The van der Waals surface area contributed by atoms with Crippen LogP contribution in [0.4, 0.5) is 0 Å². The van der Waals surface area contributed by atoms with E-state index >= 15 is 0 Å². The highest BCUT2D eigenvalue weighted by atomic mass is 15.2. The van der Waals surface area contributed by atoms with Gasteiger partial charge in [-0.05, 0) is 65.7 Å². The normalized spacial score (nSPS) is 11.8. The Balaban J connectivity index is 1.23. The Labute approximate surface area is 276 Å². The predicted molar refractivity (Wildman–Crippen MR) is 197 cm³/mol. The highest BCUT2D eigenvalue weighted by Crippen LogP contribution is 2.38. The highest BCUT2D eigenvalue weighted by Gasteiger charge is 2.19. The lowest BCUT2D eigenvalue weighted by Crippen LogP contribution is -2.03. The van der Waals surface area contributed by atoms with E-state index in [0.29, 0.717) is 5.95 Å². The molecule has 10 aromatic rings. The summed E-state index contributed by atoms with van der Waals surface area (Å²) < 4.78 is 4.53. The van der Waals surface area contributed by atoms with Gasteiger partial charge >= 0.3 is 0 Å². The molecule has 48 heavy (non-hydrogen) atoms. The number of hydrogen-bond donors (Lipinski definition) is 0. The maximum absolute atomic E-state index is 5.25. The van der Waals surface area contributed by atoms with Gasteiger partial charge in [-0.3, -0.25) is 9.55 Å². The van der Waals surface area contributed by atoms with Gasteiger partial charge in [-0.25, -0.2) is 9.97 Å². The topological polar surface area (TPSA) is 48.5 Å². The summed E-state index contributed by atoms with van der Waals surface area (Å²) in [6, 6.07) is 55.3. The van der Waals surface area contributed by atoms with E-state index < -0.39 is 0 Å². The van der Waals surface area contributed by atoms with Crippen molar-refractivity contribution in [1.82, 2.24) is 24.1 Å². The largest absolute Gasteiger partial charge is 0.309 e. The molecule has 5 nitrogen and oxygen atoms in total. The fourth-order valence-corrected chi connectivity index (χ4v) is 7.21. The lowest BCUT2D eigenvalue weighted by Gasteiger charge is -2.12. The van der Waals surface area contributed by atoms with Crippen LogP contribution >= 0.6 is 0 Å². The predicted octanol–water partition coefficient (Wildman–Crippen LogP) is 10.6. The summed E-state index contributed by atoms with van der Waals surface area (Å²) in [5, 5.41) is 4.56. The molecule has 0 spiro atoms. The van der Waals surface area contributed by atoms with Gasteiger partial charge in [-0.2, -0.15) is 0 Å². The van der Waals surface area contributed by atoms with Gasteiger partial charge in [0.15, 0.2) is 0 Å². The maximum atomic E-state index is 5.25. The van der Waals surface area contributed by atoms with Crippen molar-refractivity contribution >= 4 is 54.6 Å². The Morgan fingerprint density at radius 3 is 1.83 bits per heavy atom. The number of aromatic nitrogens is 5. The van der Waals surface area contributed by atoms with E-state index in [4.69, 9.17) is 15.0 Å². The fraction of sp³-hybridized carbons (Fsp3) is 0. The molecule has 0 saturated carbocycles. The zero-order valence-electron chi connectivity index (χ0n) is 25.8. The second-order valence-electron chi connectivity index (χ2n) is 12.1. The minimum absolute atomic E-state index is 0.623. The zero-order chi connectivity index (χ0) is 31.6. The standard InChI is InChI=1S/C43H27N5/c1-3-12-28(13-4-1)41-34-17-7-9-18-36(34)45-43(46-41)48-38-20-11-25-44-42(38)35-24-22-30(27-40(35)48)29-21-23-33-32-16-8-10-19-37(32)47(39(33)26-29)31-14-5-2-6-15-31/h1-27H. The SMILES string of the molecule is c1ccc(-c2nc(-n3c4cc(-c5ccc6c7ccccc7n(-c7ccccc7)c6c5)ccc4c4ncccc43)nc3ccccc23)cc1. The number of fused-ring (bicyclic) bond motifs is 7. The Kier molecular flexibility index (Phi) is 5.81. The van der Waals surface area contributed by atoms with Crippen LogP contribution in [0.15, 0.2) is 164 Å². The minimum atomic E-state index is 0.623. The van der Waals surface area contributed by atoms with Gasteiger partial charge in [0.25, 0.3) is 0 Å². The number of nitrogens with zero attached hydrogens (tertiary/aromatic N) is 5. The van der Waals surface area contributed by atoms with Crippen LogP contribution < -0.4 is 0 Å². The van der Waals surface area contributed by atoms with Crippen LogP contribution in [0.5, 0.6) is 0 Å². The van der Waals surface area contributed by atoms with E-state index in [2.05, 4.69) is 143 Å². The summed E-state index contributed by atoms with van der Waals surface area (Å²) in [7, 11) is 0. The van der Waals surface area contributed by atoms with Gasteiger partial charge in [0.2, 0.25) is 5.95 Å². The molecular weight excluding hydrogens is 587 g/mol. The van der Waals surface area contributed by atoms with Gasteiger partial charge in [0, 0.05) is 39.0 Å². The average molecular weight is 614 g/mol. The van der Waals surface area contributed by atoms with Crippen LogP contribution in [0.1, 0.15) is 0 Å². The first-order valence-electron chi connectivity index (χ1n) is 16.1. The zero-order valence-corrected chi connectivity index (χ0v) is 25.8. The second-order valence-corrected chi connectivity index (χ2v) is 12.1. The molecule has 0 aliphatic carbocycles. The third-order valence-electron chi connectivity index (χ3n) is 9.38. The summed E-state index contributed by atoms with van der Waals surface area (Å²) in [5.74, 6) is 0.623. The lowest BCUT2D eigenvalue weighted by molar-refractivity contribution is 1.01. The van der Waals surface area contributed by atoms with Crippen LogP contribution in [-0.2, 0) is 0 Å². The first-order valence-corrected chi connectivity index (χ1v) is 16.1. The molecule has 0 amide bonds. The molecule has 0 N–H and O–H groups in total. The highest BCUT2D eigenvalue weighted by molar-refractivity contribution is 6.11. The monoisotopic (exact) mass is 613 g/mol. The molecule has 0 bridgehead atoms. The summed E-state index contributed by atoms with van der Waals surface area (Å²) in [6.45, 7) is 0. The fourth-order valence-electron chi connectivity index (χ4n) is 7.21. The smallest absolute Gasteiger partial charge is 0.235 e. The van der Waals surface area contributed by atoms with E-state index in [1.807, 2.05) is 30.5 Å². The number of hydrogen-bond acceptors (Lipinski definition) is 3. The first-order chi connectivity index (χ1) is 23.8. The Bertz CT molecular complexity index is 2830. The molecule has 0 fully saturated rings. The second kappa shape index (κ2) is 10.5. The third-order valence-corrected chi connectivity index (χ3v) is 9.38. The van der Waals surface area contributed by atoms with E-state index in [-0.39, 0.29) is 0 Å². The molecule has 0 aliphatic rings. The van der Waals surface area contributed by atoms with Crippen LogP contribution in [-0.4, -0.2) is 24.1 Å². The van der Waals surface area contributed by atoms with Crippen molar-refractivity contribution < 1.29 is 0 Å². The van der Waals surface area contributed by atoms with E-state index in [9.17, 15) is 0 Å². The van der Waals surface area contributed by atoms with Gasteiger partial charge < -0.3 is 4.57 Å². The first kappa shape index (κ1) is 26.6.